The highest BCUT2D eigenvalue weighted by molar-refractivity contribution is 5.95. The Kier molecular flexibility index (Phi) is 4.39. The van der Waals surface area contributed by atoms with Gasteiger partial charge in [0.25, 0.3) is 0 Å². The number of likely N-dealkylation sites (N-methyl/N-ethyl adjacent to an activating group) is 1. The summed E-state index contributed by atoms with van der Waals surface area (Å²) >= 11 is 0. The molecule has 2 heterocycles. The van der Waals surface area contributed by atoms with E-state index in [0.29, 0.717) is 17.7 Å². The average Bonchev–Trinajstić information content (AvgIpc) is 2.84. The smallest absolute Gasteiger partial charge is 0.226 e. The Labute approximate surface area is 119 Å². The zero-order valence-corrected chi connectivity index (χ0v) is 12.2. The van der Waals surface area contributed by atoms with Crippen LogP contribution in [0.4, 0.5) is 5.95 Å². The number of hydrogen-bond donors (Lipinski definition) is 2. The van der Waals surface area contributed by atoms with Crippen LogP contribution < -0.4 is 10.6 Å². The molecule has 2 rings (SSSR count). The zero-order chi connectivity index (χ0) is 14.7. The molecule has 1 aromatic heterocycles. The molecule has 0 amide bonds. The number of amidine groups is 1. The molecule has 7 nitrogen and oxygen atoms in total. The quantitative estimate of drug-likeness (QED) is 0.359. The maximum Gasteiger partial charge on any atom is 0.226 e. The molecule has 1 saturated heterocycles. The van der Waals surface area contributed by atoms with Gasteiger partial charge in [-0.15, -0.1) is 0 Å². The van der Waals surface area contributed by atoms with E-state index >= 15 is 0 Å². The van der Waals surface area contributed by atoms with Gasteiger partial charge in [0, 0.05) is 24.8 Å². The van der Waals surface area contributed by atoms with E-state index < -0.39 is 0 Å². The number of hydrogen-bond acceptors (Lipinski definition) is 6. The van der Waals surface area contributed by atoms with Gasteiger partial charge in [-0.25, -0.2) is 9.97 Å². The van der Waals surface area contributed by atoms with Crippen LogP contribution in [0.3, 0.4) is 0 Å². The van der Waals surface area contributed by atoms with E-state index in [2.05, 4.69) is 39.0 Å². The molecule has 110 valence electrons. The van der Waals surface area contributed by atoms with Gasteiger partial charge in [0.15, 0.2) is 5.84 Å². The van der Waals surface area contributed by atoms with Crippen molar-refractivity contribution in [3.63, 3.8) is 0 Å². The van der Waals surface area contributed by atoms with Crippen LogP contribution in [-0.4, -0.2) is 59.1 Å². The van der Waals surface area contributed by atoms with Crippen molar-refractivity contribution in [2.75, 3.05) is 32.1 Å². The van der Waals surface area contributed by atoms with Gasteiger partial charge in [-0.3, -0.25) is 0 Å². The first kappa shape index (κ1) is 14.5. The summed E-state index contributed by atoms with van der Waals surface area (Å²) in [6.45, 7) is 3.80. The van der Waals surface area contributed by atoms with Crippen LogP contribution in [0.25, 0.3) is 0 Å². The van der Waals surface area contributed by atoms with Gasteiger partial charge in [0.05, 0.1) is 0 Å². The minimum atomic E-state index is 0.0140. The molecule has 0 aromatic carbocycles. The molecule has 0 radical (unpaired) electrons. The van der Waals surface area contributed by atoms with Gasteiger partial charge in [-0.2, -0.15) is 0 Å². The lowest BCUT2D eigenvalue weighted by Crippen LogP contribution is -2.38. The number of oxime groups is 1. The molecule has 1 aromatic rings. The molecule has 7 heteroatoms. The van der Waals surface area contributed by atoms with Crippen LogP contribution in [0.2, 0.25) is 0 Å². The summed E-state index contributed by atoms with van der Waals surface area (Å²) in [6, 6.07) is 2.13. The average molecular weight is 278 g/mol. The predicted octanol–water partition coefficient (Wildman–Crippen LogP) is 0.410. The van der Waals surface area contributed by atoms with E-state index in [-0.39, 0.29) is 5.84 Å². The molecule has 1 aliphatic heterocycles. The topological polar surface area (TPSA) is 90.9 Å². The normalized spacial score (nSPS) is 19.9. The second-order valence-corrected chi connectivity index (χ2v) is 5.43. The Balaban J connectivity index is 2.29. The molecule has 0 saturated carbocycles. The van der Waals surface area contributed by atoms with Gasteiger partial charge in [-0.1, -0.05) is 5.16 Å². The second kappa shape index (κ2) is 6.04. The Morgan fingerprint density at radius 3 is 2.95 bits per heavy atom. The number of aromatic nitrogens is 2. The van der Waals surface area contributed by atoms with Crippen molar-refractivity contribution in [2.24, 2.45) is 10.9 Å². The van der Waals surface area contributed by atoms with E-state index in [1.54, 1.807) is 6.07 Å². The summed E-state index contributed by atoms with van der Waals surface area (Å²) in [5.74, 6) is 0.677. The van der Waals surface area contributed by atoms with Crippen LogP contribution in [0, 0.1) is 6.92 Å². The van der Waals surface area contributed by atoms with E-state index in [9.17, 15) is 0 Å². The molecule has 1 atom stereocenters. The van der Waals surface area contributed by atoms with Crippen molar-refractivity contribution in [1.29, 1.82) is 0 Å². The Hall–Kier alpha value is -1.89. The largest absolute Gasteiger partial charge is 0.409 e. The van der Waals surface area contributed by atoms with Crippen molar-refractivity contribution in [3.05, 3.63) is 17.5 Å². The first-order valence-corrected chi connectivity index (χ1v) is 6.76. The fourth-order valence-corrected chi connectivity index (χ4v) is 2.57. The third kappa shape index (κ3) is 3.16. The minimum absolute atomic E-state index is 0.0140. The number of rotatable bonds is 4. The fourth-order valence-electron chi connectivity index (χ4n) is 2.57. The van der Waals surface area contributed by atoms with E-state index in [0.717, 1.165) is 31.6 Å². The number of nitrogens with two attached hydrogens (primary N) is 1. The van der Waals surface area contributed by atoms with Crippen molar-refractivity contribution in [2.45, 2.75) is 25.8 Å². The third-order valence-corrected chi connectivity index (χ3v) is 3.42. The zero-order valence-electron chi connectivity index (χ0n) is 12.2. The molecular weight excluding hydrogens is 256 g/mol. The molecule has 0 spiro atoms. The van der Waals surface area contributed by atoms with E-state index in [4.69, 9.17) is 10.9 Å². The van der Waals surface area contributed by atoms with Crippen molar-refractivity contribution in [1.82, 2.24) is 14.9 Å². The van der Waals surface area contributed by atoms with Gasteiger partial charge in [-0.05, 0) is 39.9 Å². The van der Waals surface area contributed by atoms with E-state index in [1.165, 1.54) is 0 Å². The lowest BCUT2D eigenvalue weighted by Gasteiger charge is -2.27. The maximum atomic E-state index is 8.79. The van der Waals surface area contributed by atoms with Crippen molar-refractivity contribution < 1.29 is 5.21 Å². The molecular formula is C13H22N6O. The molecule has 1 aliphatic rings. The number of nitrogens with zero attached hydrogens (tertiary/aromatic N) is 5. The Morgan fingerprint density at radius 1 is 1.55 bits per heavy atom. The second-order valence-electron chi connectivity index (χ2n) is 5.43. The fraction of sp³-hybridized carbons (Fsp3) is 0.615. The summed E-state index contributed by atoms with van der Waals surface area (Å²) < 4.78 is 0. The van der Waals surface area contributed by atoms with Gasteiger partial charge in [0.1, 0.15) is 5.69 Å². The summed E-state index contributed by atoms with van der Waals surface area (Å²) in [5.41, 5.74) is 6.90. The highest BCUT2D eigenvalue weighted by Gasteiger charge is 2.27. The first-order chi connectivity index (χ1) is 9.51. The summed E-state index contributed by atoms with van der Waals surface area (Å²) in [6.07, 6.45) is 2.27. The summed E-state index contributed by atoms with van der Waals surface area (Å²) in [7, 11) is 4.13. The van der Waals surface area contributed by atoms with E-state index in [1.807, 2.05) is 6.92 Å². The van der Waals surface area contributed by atoms with Gasteiger partial charge < -0.3 is 20.7 Å². The van der Waals surface area contributed by atoms with Crippen LogP contribution in [-0.2, 0) is 0 Å². The number of anilines is 1. The van der Waals surface area contributed by atoms with Crippen LogP contribution in [0.15, 0.2) is 11.2 Å². The monoisotopic (exact) mass is 278 g/mol. The maximum absolute atomic E-state index is 8.79. The third-order valence-electron chi connectivity index (χ3n) is 3.42. The SMILES string of the molecule is Cc1cc(/C(N)=N/O)nc(N2CCCC2CN(C)C)n1. The molecule has 1 unspecified atom stereocenters. The lowest BCUT2D eigenvalue weighted by atomic mass is 10.2. The Morgan fingerprint density at radius 2 is 2.30 bits per heavy atom. The molecule has 1 fully saturated rings. The predicted molar refractivity (Wildman–Crippen MR) is 78.2 cm³/mol. The van der Waals surface area contributed by atoms with Crippen LogP contribution in [0.1, 0.15) is 24.2 Å². The molecule has 3 N–H and O–H groups in total. The first-order valence-electron chi connectivity index (χ1n) is 6.76. The van der Waals surface area contributed by atoms with Gasteiger partial charge in [0.2, 0.25) is 5.95 Å². The Bertz CT molecular complexity index is 502. The highest BCUT2D eigenvalue weighted by atomic mass is 16.4. The minimum Gasteiger partial charge on any atom is -0.409 e. The highest BCUT2D eigenvalue weighted by Crippen LogP contribution is 2.23. The number of aryl methyl sites for hydroxylation is 1. The van der Waals surface area contributed by atoms with Crippen molar-refractivity contribution >= 4 is 11.8 Å². The molecule has 20 heavy (non-hydrogen) atoms. The summed E-state index contributed by atoms with van der Waals surface area (Å²) in [5, 5.41) is 11.8. The summed E-state index contributed by atoms with van der Waals surface area (Å²) in [4.78, 5) is 13.3. The van der Waals surface area contributed by atoms with Crippen LogP contribution >= 0.6 is 0 Å². The van der Waals surface area contributed by atoms with Gasteiger partial charge >= 0.3 is 0 Å². The van der Waals surface area contributed by atoms with Crippen molar-refractivity contribution in [3.8, 4) is 0 Å². The lowest BCUT2D eigenvalue weighted by molar-refractivity contribution is 0.318. The standard InChI is InChI=1S/C13H22N6O/c1-9-7-11(12(14)17-20)16-13(15-9)19-6-4-5-10(19)8-18(2)3/h7,10,20H,4-6,8H2,1-3H3,(H2,14,17). The molecule has 0 aliphatic carbocycles. The van der Waals surface area contributed by atoms with Crippen LogP contribution in [0.5, 0.6) is 0 Å². The molecule has 0 bridgehead atoms.